The second kappa shape index (κ2) is 6.97. The zero-order valence-electron chi connectivity index (χ0n) is 11.5. The van der Waals surface area contributed by atoms with Crippen LogP contribution < -0.4 is 0 Å². The Balaban J connectivity index is 2.04. The predicted molar refractivity (Wildman–Crippen MR) is 69.9 cm³/mol. The molecule has 0 bridgehead atoms. The van der Waals surface area contributed by atoms with Gasteiger partial charge in [0.2, 0.25) is 0 Å². The summed E-state index contributed by atoms with van der Waals surface area (Å²) >= 11 is 0. The molecule has 7 heteroatoms. The summed E-state index contributed by atoms with van der Waals surface area (Å²) in [4.78, 5) is 11.4. The minimum absolute atomic E-state index is 0.142. The van der Waals surface area contributed by atoms with Crippen molar-refractivity contribution in [3.05, 3.63) is 35.9 Å². The van der Waals surface area contributed by atoms with E-state index in [1.807, 2.05) is 30.3 Å². The molecular formula is C14H18O7. The van der Waals surface area contributed by atoms with E-state index in [2.05, 4.69) is 4.74 Å². The van der Waals surface area contributed by atoms with Gasteiger partial charge in [0.05, 0.1) is 13.7 Å². The van der Waals surface area contributed by atoms with Crippen molar-refractivity contribution in [1.29, 1.82) is 0 Å². The summed E-state index contributed by atoms with van der Waals surface area (Å²) in [6, 6.07) is 9.16. The quantitative estimate of drug-likeness (QED) is 0.610. The highest BCUT2D eigenvalue weighted by molar-refractivity contribution is 5.75. The van der Waals surface area contributed by atoms with Crippen LogP contribution in [0.5, 0.6) is 0 Å². The third-order valence-electron chi connectivity index (χ3n) is 3.29. The number of carbonyl (C=O) groups excluding carboxylic acids is 1. The Morgan fingerprint density at radius 1 is 1.33 bits per heavy atom. The van der Waals surface area contributed by atoms with Crippen molar-refractivity contribution in [2.75, 3.05) is 7.11 Å². The van der Waals surface area contributed by atoms with Gasteiger partial charge in [0.15, 0.2) is 12.4 Å². The lowest BCUT2D eigenvalue weighted by Gasteiger charge is -2.23. The molecule has 0 unspecified atom stereocenters. The molecule has 0 saturated carbocycles. The second-order valence-corrected chi connectivity index (χ2v) is 4.71. The SMILES string of the molecule is COC(=O)[C@H](O)[C@H]1O[C@@H](O)[C@H](O)[C@H]1OCc1ccccc1. The van der Waals surface area contributed by atoms with Gasteiger partial charge in [0.25, 0.3) is 0 Å². The molecule has 0 radical (unpaired) electrons. The molecule has 1 aliphatic rings. The van der Waals surface area contributed by atoms with Crippen molar-refractivity contribution >= 4 is 5.97 Å². The average molecular weight is 298 g/mol. The van der Waals surface area contributed by atoms with Crippen molar-refractivity contribution in [1.82, 2.24) is 0 Å². The van der Waals surface area contributed by atoms with Gasteiger partial charge < -0.3 is 29.5 Å². The van der Waals surface area contributed by atoms with Gasteiger partial charge in [0.1, 0.15) is 18.3 Å². The number of methoxy groups -OCH3 is 1. The Labute approximate surface area is 121 Å². The average Bonchev–Trinajstić information content (AvgIpc) is 2.80. The number of benzene rings is 1. The minimum atomic E-state index is -1.65. The first-order valence-corrected chi connectivity index (χ1v) is 6.47. The fourth-order valence-electron chi connectivity index (χ4n) is 2.14. The van der Waals surface area contributed by atoms with Gasteiger partial charge in [-0.3, -0.25) is 0 Å². The summed E-state index contributed by atoms with van der Waals surface area (Å²) in [7, 11) is 1.12. The van der Waals surface area contributed by atoms with Crippen LogP contribution >= 0.6 is 0 Å². The van der Waals surface area contributed by atoms with Crippen molar-refractivity contribution in [2.45, 2.75) is 37.3 Å². The van der Waals surface area contributed by atoms with Crippen LogP contribution in [-0.2, 0) is 25.6 Å². The Kier molecular flexibility index (Phi) is 5.27. The van der Waals surface area contributed by atoms with Gasteiger partial charge >= 0.3 is 5.97 Å². The molecule has 1 heterocycles. The van der Waals surface area contributed by atoms with Crippen molar-refractivity contribution < 1.29 is 34.3 Å². The van der Waals surface area contributed by atoms with E-state index in [4.69, 9.17) is 9.47 Å². The monoisotopic (exact) mass is 298 g/mol. The predicted octanol–water partition coefficient (Wildman–Crippen LogP) is -0.816. The molecule has 21 heavy (non-hydrogen) atoms. The lowest BCUT2D eigenvalue weighted by atomic mass is 10.1. The number of hydrogen-bond donors (Lipinski definition) is 3. The van der Waals surface area contributed by atoms with Crippen LogP contribution in [0.4, 0.5) is 0 Å². The normalized spacial score (nSPS) is 30.1. The van der Waals surface area contributed by atoms with Gasteiger partial charge in [-0.1, -0.05) is 30.3 Å². The number of carbonyl (C=O) groups is 1. The summed E-state index contributed by atoms with van der Waals surface area (Å²) < 4.78 is 14.9. The highest BCUT2D eigenvalue weighted by atomic mass is 16.7. The molecule has 1 aliphatic heterocycles. The van der Waals surface area contributed by atoms with Crippen LogP contribution in [-0.4, -0.2) is 59.1 Å². The Bertz CT molecular complexity index is 464. The first kappa shape index (κ1) is 15.9. The molecule has 3 N–H and O–H groups in total. The van der Waals surface area contributed by atoms with Crippen LogP contribution in [0.3, 0.4) is 0 Å². The summed E-state index contributed by atoms with van der Waals surface area (Å²) in [5, 5.41) is 29.2. The largest absolute Gasteiger partial charge is 0.467 e. The van der Waals surface area contributed by atoms with Gasteiger partial charge in [-0.05, 0) is 5.56 Å². The van der Waals surface area contributed by atoms with Crippen LogP contribution in [0, 0.1) is 0 Å². The number of rotatable bonds is 5. The second-order valence-electron chi connectivity index (χ2n) is 4.71. The van der Waals surface area contributed by atoms with Crippen molar-refractivity contribution in [2.24, 2.45) is 0 Å². The molecule has 2 rings (SSSR count). The van der Waals surface area contributed by atoms with E-state index in [-0.39, 0.29) is 6.61 Å². The Morgan fingerprint density at radius 2 is 2.00 bits per heavy atom. The third-order valence-corrected chi connectivity index (χ3v) is 3.29. The third kappa shape index (κ3) is 3.58. The maximum atomic E-state index is 11.4. The molecule has 0 aliphatic carbocycles. The summed E-state index contributed by atoms with van der Waals surface area (Å²) in [6.07, 6.45) is -6.80. The highest BCUT2D eigenvalue weighted by Crippen LogP contribution is 2.26. The van der Waals surface area contributed by atoms with E-state index in [1.165, 1.54) is 0 Å². The van der Waals surface area contributed by atoms with Crippen molar-refractivity contribution in [3.8, 4) is 0 Å². The van der Waals surface area contributed by atoms with Gasteiger partial charge in [0, 0.05) is 0 Å². The topological polar surface area (TPSA) is 105 Å². The molecule has 0 amide bonds. The maximum Gasteiger partial charge on any atom is 0.337 e. The molecular weight excluding hydrogens is 280 g/mol. The molecule has 7 nitrogen and oxygen atoms in total. The fraction of sp³-hybridized carbons (Fsp3) is 0.500. The van der Waals surface area contributed by atoms with Gasteiger partial charge in [-0.2, -0.15) is 0 Å². The lowest BCUT2D eigenvalue weighted by molar-refractivity contribution is -0.174. The summed E-state index contributed by atoms with van der Waals surface area (Å²) in [5.41, 5.74) is 0.845. The van der Waals surface area contributed by atoms with Crippen LogP contribution in [0.25, 0.3) is 0 Å². The standard InChI is InChI=1S/C14H18O7/c1-19-13(17)10(16)12-11(9(15)14(18)21-12)20-7-8-5-3-2-4-6-8/h2-6,9-12,14-16,18H,7H2,1H3/t9-,10-,11-,12-,14-/m1/s1. The number of ether oxygens (including phenoxy) is 3. The molecule has 0 spiro atoms. The van der Waals surface area contributed by atoms with Crippen LogP contribution in [0.1, 0.15) is 5.56 Å². The lowest BCUT2D eigenvalue weighted by Crippen LogP contribution is -2.44. The molecule has 0 aromatic heterocycles. The van der Waals surface area contributed by atoms with Gasteiger partial charge in [-0.25, -0.2) is 4.79 Å². The van der Waals surface area contributed by atoms with Crippen LogP contribution in [0.2, 0.25) is 0 Å². The number of hydrogen-bond acceptors (Lipinski definition) is 7. The minimum Gasteiger partial charge on any atom is -0.467 e. The van der Waals surface area contributed by atoms with E-state index in [0.717, 1.165) is 12.7 Å². The zero-order valence-corrected chi connectivity index (χ0v) is 11.5. The highest BCUT2D eigenvalue weighted by Gasteiger charge is 2.49. The Hall–Kier alpha value is -1.51. The van der Waals surface area contributed by atoms with E-state index in [0.29, 0.717) is 0 Å². The Morgan fingerprint density at radius 3 is 2.62 bits per heavy atom. The summed E-state index contributed by atoms with van der Waals surface area (Å²) in [6.45, 7) is 0.142. The molecule has 1 aromatic carbocycles. The van der Waals surface area contributed by atoms with E-state index < -0.39 is 36.7 Å². The summed E-state index contributed by atoms with van der Waals surface area (Å²) in [5.74, 6) is -0.922. The molecule has 116 valence electrons. The first-order valence-electron chi connectivity index (χ1n) is 6.47. The number of esters is 1. The number of aliphatic hydroxyl groups is 3. The molecule has 1 aromatic rings. The fourth-order valence-corrected chi connectivity index (χ4v) is 2.14. The number of aliphatic hydroxyl groups excluding tert-OH is 3. The molecule has 5 atom stereocenters. The van der Waals surface area contributed by atoms with E-state index in [9.17, 15) is 20.1 Å². The molecule has 1 fully saturated rings. The zero-order chi connectivity index (χ0) is 15.4. The first-order chi connectivity index (χ1) is 10.0. The van der Waals surface area contributed by atoms with Crippen molar-refractivity contribution in [3.63, 3.8) is 0 Å². The van der Waals surface area contributed by atoms with Crippen LogP contribution in [0.15, 0.2) is 30.3 Å². The smallest absolute Gasteiger partial charge is 0.337 e. The maximum absolute atomic E-state index is 11.4. The van der Waals surface area contributed by atoms with E-state index in [1.54, 1.807) is 0 Å². The molecule has 1 saturated heterocycles. The van der Waals surface area contributed by atoms with Gasteiger partial charge in [-0.15, -0.1) is 0 Å². The van der Waals surface area contributed by atoms with E-state index >= 15 is 0 Å².